The van der Waals surface area contributed by atoms with Crippen LogP contribution in [0.4, 0.5) is 13.2 Å². The molecule has 21 heavy (non-hydrogen) atoms. The molecule has 0 fully saturated rings. The molecule has 1 amide bonds. The maximum absolute atomic E-state index is 12.2. The van der Waals surface area contributed by atoms with Crippen molar-refractivity contribution >= 4 is 5.91 Å². The molecule has 5 nitrogen and oxygen atoms in total. The third-order valence-electron chi connectivity index (χ3n) is 2.57. The first-order chi connectivity index (χ1) is 9.83. The lowest BCUT2D eigenvalue weighted by Crippen LogP contribution is -2.44. The quantitative estimate of drug-likeness (QED) is 0.794. The van der Waals surface area contributed by atoms with Gasteiger partial charge in [0.2, 0.25) is 5.91 Å². The first-order valence-corrected chi connectivity index (χ1v) is 6.19. The van der Waals surface area contributed by atoms with Gasteiger partial charge < -0.3 is 20.5 Å². The predicted octanol–water partition coefficient (Wildman–Crippen LogP) is 1.22. The SMILES string of the molecule is COCC(N)C(=O)NCCc1ccccc1OC(F)(F)F. The van der Waals surface area contributed by atoms with Gasteiger partial charge in [0, 0.05) is 13.7 Å². The van der Waals surface area contributed by atoms with Crippen molar-refractivity contribution in [3.05, 3.63) is 29.8 Å². The van der Waals surface area contributed by atoms with Crippen LogP contribution in [0.1, 0.15) is 5.56 Å². The molecule has 1 atom stereocenters. The van der Waals surface area contributed by atoms with Gasteiger partial charge in [-0.25, -0.2) is 0 Å². The second kappa shape index (κ2) is 7.84. The zero-order valence-electron chi connectivity index (χ0n) is 11.4. The monoisotopic (exact) mass is 306 g/mol. The minimum atomic E-state index is -4.75. The normalized spacial score (nSPS) is 12.8. The smallest absolute Gasteiger partial charge is 0.406 e. The van der Waals surface area contributed by atoms with Crippen LogP contribution in [0, 0.1) is 0 Å². The zero-order chi connectivity index (χ0) is 15.9. The van der Waals surface area contributed by atoms with E-state index in [2.05, 4.69) is 10.1 Å². The Hall–Kier alpha value is -1.80. The standard InChI is InChI=1S/C13H17F3N2O3/c1-20-8-10(17)12(19)18-7-6-9-4-2-3-5-11(9)21-13(14,15)16/h2-5,10H,6-8,17H2,1H3,(H,18,19). The van der Waals surface area contributed by atoms with Gasteiger partial charge in [0.25, 0.3) is 0 Å². The van der Waals surface area contributed by atoms with Crippen molar-refractivity contribution in [3.8, 4) is 5.75 Å². The summed E-state index contributed by atoms with van der Waals surface area (Å²) < 4.78 is 45.4. The van der Waals surface area contributed by atoms with Crippen LogP contribution in [-0.2, 0) is 16.0 Å². The van der Waals surface area contributed by atoms with Crippen molar-refractivity contribution in [3.63, 3.8) is 0 Å². The van der Waals surface area contributed by atoms with Crippen LogP contribution < -0.4 is 15.8 Å². The summed E-state index contributed by atoms with van der Waals surface area (Å²) >= 11 is 0. The molecule has 0 saturated heterocycles. The predicted molar refractivity (Wildman–Crippen MR) is 69.7 cm³/mol. The number of carbonyl (C=O) groups is 1. The van der Waals surface area contributed by atoms with Crippen LogP contribution >= 0.6 is 0 Å². The maximum atomic E-state index is 12.2. The molecular weight excluding hydrogens is 289 g/mol. The average molecular weight is 306 g/mol. The van der Waals surface area contributed by atoms with E-state index in [-0.39, 0.29) is 25.3 Å². The lowest BCUT2D eigenvalue weighted by Gasteiger charge is -2.14. The molecule has 8 heteroatoms. The molecule has 1 unspecified atom stereocenters. The zero-order valence-corrected chi connectivity index (χ0v) is 11.4. The van der Waals surface area contributed by atoms with Crippen molar-refractivity contribution in [2.45, 2.75) is 18.8 Å². The second-order valence-electron chi connectivity index (χ2n) is 4.26. The molecular formula is C13H17F3N2O3. The van der Waals surface area contributed by atoms with E-state index in [9.17, 15) is 18.0 Å². The fraction of sp³-hybridized carbons (Fsp3) is 0.462. The van der Waals surface area contributed by atoms with Crippen molar-refractivity contribution in [2.24, 2.45) is 5.73 Å². The van der Waals surface area contributed by atoms with Crippen LogP contribution in [0.25, 0.3) is 0 Å². The van der Waals surface area contributed by atoms with Crippen molar-refractivity contribution < 1.29 is 27.4 Å². The van der Waals surface area contributed by atoms with Crippen molar-refractivity contribution in [1.29, 1.82) is 0 Å². The van der Waals surface area contributed by atoms with Gasteiger partial charge in [-0.15, -0.1) is 13.2 Å². The Morgan fingerprint density at radius 3 is 2.67 bits per heavy atom. The maximum Gasteiger partial charge on any atom is 0.573 e. The highest BCUT2D eigenvalue weighted by Crippen LogP contribution is 2.26. The minimum absolute atomic E-state index is 0.0691. The van der Waals surface area contributed by atoms with E-state index in [1.165, 1.54) is 25.3 Å². The van der Waals surface area contributed by atoms with E-state index < -0.39 is 18.3 Å². The lowest BCUT2D eigenvalue weighted by atomic mass is 10.1. The van der Waals surface area contributed by atoms with Gasteiger partial charge in [-0.3, -0.25) is 4.79 Å². The number of alkyl halides is 3. The van der Waals surface area contributed by atoms with E-state index >= 15 is 0 Å². The Morgan fingerprint density at radius 2 is 2.05 bits per heavy atom. The number of halogens is 3. The third-order valence-corrected chi connectivity index (χ3v) is 2.57. The molecule has 1 rings (SSSR count). The number of benzene rings is 1. The van der Waals surface area contributed by atoms with Gasteiger partial charge >= 0.3 is 6.36 Å². The van der Waals surface area contributed by atoms with Gasteiger partial charge in [0.15, 0.2) is 0 Å². The Morgan fingerprint density at radius 1 is 1.38 bits per heavy atom. The Labute approximate surface area is 120 Å². The summed E-state index contributed by atoms with van der Waals surface area (Å²) in [6.45, 7) is 0.216. The fourth-order valence-corrected chi connectivity index (χ4v) is 1.64. The van der Waals surface area contributed by atoms with E-state index in [0.717, 1.165) is 0 Å². The van der Waals surface area contributed by atoms with Crippen LogP contribution in [0.15, 0.2) is 24.3 Å². The third kappa shape index (κ3) is 6.46. The molecule has 0 radical (unpaired) electrons. The van der Waals surface area contributed by atoms with Crippen LogP contribution in [-0.4, -0.2) is 38.6 Å². The number of rotatable bonds is 7. The van der Waals surface area contributed by atoms with Gasteiger partial charge in [-0.1, -0.05) is 18.2 Å². The van der Waals surface area contributed by atoms with Crippen LogP contribution in [0.3, 0.4) is 0 Å². The van der Waals surface area contributed by atoms with Crippen molar-refractivity contribution in [2.75, 3.05) is 20.3 Å². The summed E-state index contributed by atoms with van der Waals surface area (Å²) in [6, 6.07) is 4.95. The number of carbonyl (C=O) groups excluding carboxylic acids is 1. The summed E-state index contributed by atoms with van der Waals surface area (Å²) in [5.74, 6) is -0.702. The summed E-state index contributed by atoms with van der Waals surface area (Å²) in [6.07, 6.45) is -4.56. The molecule has 1 aromatic carbocycles. The number of hydrogen-bond donors (Lipinski definition) is 2. The molecule has 0 heterocycles. The second-order valence-corrected chi connectivity index (χ2v) is 4.26. The topological polar surface area (TPSA) is 73.6 Å². The first-order valence-electron chi connectivity index (χ1n) is 6.19. The summed E-state index contributed by atoms with van der Waals surface area (Å²) in [5.41, 5.74) is 5.85. The number of nitrogens with one attached hydrogen (secondary N) is 1. The highest BCUT2D eigenvalue weighted by molar-refractivity contribution is 5.81. The Kier molecular flexibility index (Phi) is 6.44. The number of hydrogen-bond acceptors (Lipinski definition) is 4. The minimum Gasteiger partial charge on any atom is -0.406 e. The lowest BCUT2D eigenvalue weighted by molar-refractivity contribution is -0.274. The average Bonchev–Trinajstić information content (AvgIpc) is 2.39. The molecule has 1 aromatic rings. The van der Waals surface area contributed by atoms with E-state index in [0.29, 0.717) is 5.56 Å². The van der Waals surface area contributed by atoms with Gasteiger partial charge in [0.05, 0.1) is 6.61 Å². The van der Waals surface area contributed by atoms with Crippen LogP contribution in [0.2, 0.25) is 0 Å². The highest BCUT2D eigenvalue weighted by Gasteiger charge is 2.31. The van der Waals surface area contributed by atoms with Crippen molar-refractivity contribution in [1.82, 2.24) is 5.32 Å². The van der Waals surface area contributed by atoms with E-state index in [4.69, 9.17) is 10.5 Å². The molecule has 0 spiro atoms. The summed E-state index contributed by atoms with van der Waals surface area (Å²) in [5, 5.41) is 2.53. The molecule has 0 aliphatic rings. The van der Waals surface area contributed by atoms with Gasteiger partial charge in [-0.05, 0) is 18.1 Å². The molecule has 3 N–H and O–H groups in total. The fourth-order valence-electron chi connectivity index (χ4n) is 1.64. The number of ether oxygens (including phenoxy) is 2. The molecule has 0 aliphatic heterocycles. The largest absolute Gasteiger partial charge is 0.573 e. The molecule has 118 valence electrons. The Bertz CT molecular complexity index is 466. The highest BCUT2D eigenvalue weighted by atomic mass is 19.4. The summed E-state index contributed by atoms with van der Waals surface area (Å²) in [7, 11) is 1.41. The molecule has 0 saturated carbocycles. The number of para-hydroxylation sites is 1. The molecule has 0 aromatic heterocycles. The molecule has 0 aliphatic carbocycles. The van der Waals surface area contributed by atoms with E-state index in [1.807, 2.05) is 0 Å². The Balaban J connectivity index is 2.54. The van der Waals surface area contributed by atoms with Gasteiger partial charge in [-0.2, -0.15) is 0 Å². The van der Waals surface area contributed by atoms with Gasteiger partial charge in [0.1, 0.15) is 11.8 Å². The number of amides is 1. The first kappa shape index (κ1) is 17.3. The number of methoxy groups -OCH3 is 1. The molecule has 0 bridgehead atoms. The van der Waals surface area contributed by atoms with E-state index in [1.54, 1.807) is 6.07 Å². The van der Waals surface area contributed by atoms with Crippen LogP contribution in [0.5, 0.6) is 5.75 Å². The number of nitrogens with two attached hydrogens (primary N) is 1. The summed E-state index contributed by atoms with van der Waals surface area (Å²) in [4.78, 5) is 11.5.